The summed E-state index contributed by atoms with van der Waals surface area (Å²) in [5, 5.41) is 13.4. The average molecular weight is 297 g/mol. The van der Waals surface area contributed by atoms with E-state index in [0.717, 1.165) is 16.6 Å². The molecule has 7 nitrogen and oxygen atoms in total. The molecule has 0 saturated carbocycles. The lowest BCUT2D eigenvalue weighted by atomic mass is 10.2. The van der Waals surface area contributed by atoms with Gasteiger partial charge in [0.15, 0.2) is 0 Å². The minimum Gasteiger partial charge on any atom is -0.394 e. The van der Waals surface area contributed by atoms with Crippen molar-refractivity contribution in [1.82, 2.24) is 9.97 Å². The second-order valence-electron chi connectivity index (χ2n) is 4.30. The molecule has 110 valence electrons. The number of hydrogen-bond donors (Lipinski definition) is 4. The van der Waals surface area contributed by atoms with Crippen LogP contribution in [0.3, 0.4) is 0 Å². The zero-order valence-corrected chi connectivity index (χ0v) is 12.3. The van der Waals surface area contributed by atoms with Crippen LogP contribution >= 0.6 is 11.3 Å². The molecular formula is C12H19N5O2S. The number of nitrogen functional groups attached to an aromatic ring is 1. The summed E-state index contributed by atoms with van der Waals surface area (Å²) in [6.45, 7) is 2.43. The van der Waals surface area contributed by atoms with Gasteiger partial charge in [0.1, 0.15) is 10.6 Å². The first kappa shape index (κ1) is 14.9. The molecule has 20 heavy (non-hydrogen) atoms. The van der Waals surface area contributed by atoms with Gasteiger partial charge < -0.3 is 15.2 Å². The fraction of sp³-hybridized carbons (Fsp3) is 0.500. The smallest absolute Gasteiger partial charge is 0.240 e. The van der Waals surface area contributed by atoms with Gasteiger partial charge in [-0.1, -0.05) is 6.92 Å². The number of fused-ring (bicyclic) bond motifs is 1. The number of aliphatic hydroxyl groups excluding tert-OH is 1. The molecule has 0 aliphatic rings. The summed E-state index contributed by atoms with van der Waals surface area (Å²) in [5.41, 5.74) is 2.46. The Balaban J connectivity index is 2.40. The van der Waals surface area contributed by atoms with E-state index in [1.54, 1.807) is 18.4 Å². The van der Waals surface area contributed by atoms with Crippen LogP contribution in [0.1, 0.15) is 11.8 Å². The van der Waals surface area contributed by atoms with Gasteiger partial charge in [0.05, 0.1) is 24.6 Å². The molecular weight excluding hydrogens is 278 g/mol. The number of hydrazine groups is 1. The number of methoxy groups -OCH3 is 1. The average Bonchev–Trinajstić information content (AvgIpc) is 2.89. The van der Waals surface area contributed by atoms with Crippen molar-refractivity contribution in [3.63, 3.8) is 0 Å². The summed E-state index contributed by atoms with van der Waals surface area (Å²) in [4.78, 5) is 10.7. The quantitative estimate of drug-likeness (QED) is 0.445. The molecule has 0 saturated heterocycles. The third-order valence-corrected chi connectivity index (χ3v) is 4.02. The number of hydrogen-bond acceptors (Lipinski definition) is 8. The van der Waals surface area contributed by atoms with Crippen molar-refractivity contribution >= 4 is 33.3 Å². The Bertz CT molecular complexity index is 574. The normalized spacial score (nSPS) is 12.6. The standard InChI is InChI=1S/C12H19N5O2S/c1-3-8-4-9-10(14-7(5-18)6-19-2)15-12(17-13)16-11(9)20-8/h4,7,18H,3,5-6,13H2,1-2H3,(H2,14,15,16,17). The molecule has 0 spiro atoms. The van der Waals surface area contributed by atoms with Crippen molar-refractivity contribution in [2.24, 2.45) is 5.84 Å². The van der Waals surface area contributed by atoms with E-state index in [9.17, 15) is 5.11 Å². The summed E-state index contributed by atoms with van der Waals surface area (Å²) in [5.74, 6) is 6.39. The summed E-state index contributed by atoms with van der Waals surface area (Å²) in [7, 11) is 1.59. The van der Waals surface area contributed by atoms with Crippen LogP contribution in [0.15, 0.2) is 6.07 Å². The molecule has 2 aromatic heterocycles. The molecule has 0 bridgehead atoms. The molecule has 0 fully saturated rings. The highest BCUT2D eigenvalue weighted by Gasteiger charge is 2.14. The first-order valence-electron chi connectivity index (χ1n) is 6.35. The molecule has 1 unspecified atom stereocenters. The molecule has 8 heteroatoms. The highest BCUT2D eigenvalue weighted by atomic mass is 32.1. The third kappa shape index (κ3) is 3.15. The number of nitrogens with zero attached hydrogens (tertiary/aromatic N) is 2. The minimum atomic E-state index is -0.228. The lowest BCUT2D eigenvalue weighted by molar-refractivity contribution is 0.153. The van der Waals surface area contributed by atoms with E-state index in [1.165, 1.54) is 4.88 Å². The summed E-state index contributed by atoms with van der Waals surface area (Å²) in [6.07, 6.45) is 0.938. The molecule has 0 aromatic carbocycles. The Morgan fingerprint density at radius 2 is 2.30 bits per heavy atom. The molecule has 0 aliphatic heterocycles. The van der Waals surface area contributed by atoms with Crippen molar-refractivity contribution in [3.05, 3.63) is 10.9 Å². The van der Waals surface area contributed by atoms with Crippen molar-refractivity contribution < 1.29 is 9.84 Å². The van der Waals surface area contributed by atoms with Crippen LogP contribution in [-0.2, 0) is 11.2 Å². The third-order valence-electron chi connectivity index (χ3n) is 2.85. The van der Waals surface area contributed by atoms with E-state index in [2.05, 4.69) is 33.7 Å². The van der Waals surface area contributed by atoms with Gasteiger partial charge in [0, 0.05) is 12.0 Å². The van der Waals surface area contributed by atoms with Crippen molar-refractivity contribution in [1.29, 1.82) is 0 Å². The SMILES string of the molecule is CCc1cc2c(NC(CO)COC)nc(NN)nc2s1. The molecule has 2 heterocycles. The number of aliphatic hydroxyl groups is 1. The van der Waals surface area contributed by atoms with Crippen molar-refractivity contribution in [2.45, 2.75) is 19.4 Å². The topological polar surface area (TPSA) is 105 Å². The monoisotopic (exact) mass is 297 g/mol. The summed E-state index contributed by atoms with van der Waals surface area (Å²) >= 11 is 1.61. The van der Waals surface area contributed by atoms with Crippen LogP contribution in [-0.4, -0.2) is 41.4 Å². The number of nitrogens with one attached hydrogen (secondary N) is 2. The second kappa shape index (κ2) is 6.80. The van der Waals surface area contributed by atoms with Crippen LogP contribution in [0.25, 0.3) is 10.2 Å². The van der Waals surface area contributed by atoms with Gasteiger partial charge in [-0.25, -0.2) is 10.8 Å². The number of ether oxygens (including phenoxy) is 1. The van der Waals surface area contributed by atoms with E-state index >= 15 is 0 Å². The Morgan fingerprint density at radius 1 is 1.50 bits per heavy atom. The maximum absolute atomic E-state index is 9.34. The van der Waals surface area contributed by atoms with Gasteiger partial charge in [0.2, 0.25) is 5.95 Å². The largest absolute Gasteiger partial charge is 0.394 e. The Morgan fingerprint density at radius 3 is 2.90 bits per heavy atom. The fourth-order valence-corrected chi connectivity index (χ4v) is 2.82. The molecule has 0 aliphatic carbocycles. The number of aryl methyl sites for hydroxylation is 1. The fourth-order valence-electron chi connectivity index (χ4n) is 1.85. The lowest BCUT2D eigenvalue weighted by Gasteiger charge is -2.16. The molecule has 0 amide bonds. The number of aromatic nitrogens is 2. The van der Waals surface area contributed by atoms with Crippen LogP contribution in [0.4, 0.5) is 11.8 Å². The van der Waals surface area contributed by atoms with Gasteiger partial charge in [-0.05, 0) is 12.5 Å². The number of rotatable bonds is 7. The number of thiophene rings is 1. The highest BCUT2D eigenvalue weighted by molar-refractivity contribution is 7.18. The van der Waals surface area contributed by atoms with E-state index < -0.39 is 0 Å². The maximum Gasteiger partial charge on any atom is 0.240 e. The van der Waals surface area contributed by atoms with Gasteiger partial charge in [0.25, 0.3) is 0 Å². The van der Waals surface area contributed by atoms with Crippen LogP contribution in [0, 0.1) is 0 Å². The van der Waals surface area contributed by atoms with Crippen molar-refractivity contribution in [3.8, 4) is 0 Å². The van der Waals surface area contributed by atoms with Gasteiger partial charge in [-0.15, -0.1) is 11.3 Å². The predicted octanol–water partition coefficient (Wildman–Crippen LogP) is 0.958. The minimum absolute atomic E-state index is 0.0461. The van der Waals surface area contributed by atoms with Crippen LogP contribution in [0.2, 0.25) is 0 Å². The molecule has 5 N–H and O–H groups in total. The van der Waals surface area contributed by atoms with E-state index in [4.69, 9.17) is 10.6 Å². The Hall–Kier alpha value is -1.48. The van der Waals surface area contributed by atoms with E-state index in [0.29, 0.717) is 18.4 Å². The first-order valence-corrected chi connectivity index (χ1v) is 7.16. The zero-order chi connectivity index (χ0) is 14.5. The van der Waals surface area contributed by atoms with Crippen LogP contribution in [0.5, 0.6) is 0 Å². The van der Waals surface area contributed by atoms with Gasteiger partial charge in [-0.2, -0.15) is 4.98 Å². The van der Waals surface area contributed by atoms with E-state index in [-0.39, 0.29) is 12.6 Å². The molecule has 0 radical (unpaired) electrons. The summed E-state index contributed by atoms with van der Waals surface area (Å²) < 4.78 is 5.06. The van der Waals surface area contributed by atoms with Crippen molar-refractivity contribution in [2.75, 3.05) is 31.1 Å². The van der Waals surface area contributed by atoms with Gasteiger partial charge in [-0.3, -0.25) is 5.43 Å². The predicted molar refractivity (Wildman–Crippen MR) is 81.0 cm³/mol. The molecule has 2 aromatic rings. The Kier molecular flexibility index (Phi) is 5.07. The maximum atomic E-state index is 9.34. The highest BCUT2D eigenvalue weighted by Crippen LogP contribution is 2.30. The summed E-state index contributed by atoms with van der Waals surface area (Å²) in [6, 6.07) is 1.83. The zero-order valence-electron chi connectivity index (χ0n) is 11.5. The molecule has 1 atom stereocenters. The van der Waals surface area contributed by atoms with E-state index in [1.807, 2.05) is 0 Å². The lowest BCUT2D eigenvalue weighted by Crippen LogP contribution is -2.29. The van der Waals surface area contributed by atoms with Crippen LogP contribution < -0.4 is 16.6 Å². The number of nitrogens with two attached hydrogens (primary N) is 1. The Labute approximate surface area is 121 Å². The molecule has 2 rings (SSSR count). The second-order valence-corrected chi connectivity index (χ2v) is 5.42. The number of anilines is 2. The first-order chi connectivity index (χ1) is 9.71. The van der Waals surface area contributed by atoms with Gasteiger partial charge >= 0.3 is 0 Å².